The Labute approximate surface area is 383 Å². The van der Waals surface area contributed by atoms with E-state index in [1.165, 1.54) is 98.3 Å². The third-order valence-corrected chi connectivity index (χ3v) is 13.5. The number of hydrogen-bond acceptors (Lipinski definition) is 1. The van der Waals surface area contributed by atoms with Gasteiger partial charge in [0.05, 0.1) is 16.7 Å². The number of nitrogens with zero attached hydrogens (tertiary/aromatic N) is 2. The molecule has 0 bridgehead atoms. The van der Waals surface area contributed by atoms with Gasteiger partial charge in [0.1, 0.15) is 0 Å². The number of rotatable bonds is 7. The normalized spacial score (nSPS) is 11.6. The molecular weight excluding hydrogens is 797 g/mol. The van der Waals surface area contributed by atoms with Crippen molar-refractivity contribution in [3.8, 4) is 39.1 Å². The van der Waals surface area contributed by atoms with Crippen LogP contribution < -0.4 is 4.90 Å². The molecule has 0 unspecified atom stereocenters. The van der Waals surface area contributed by atoms with E-state index in [4.69, 9.17) is 0 Å². The second-order valence-corrected chi connectivity index (χ2v) is 17.2. The van der Waals surface area contributed by atoms with Crippen LogP contribution in [0.25, 0.3) is 104 Å². The molecule has 0 aliphatic carbocycles. The van der Waals surface area contributed by atoms with Crippen LogP contribution in [0.15, 0.2) is 255 Å². The highest BCUT2D eigenvalue weighted by Gasteiger charge is 2.22. The predicted molar refractivity (Wildman–Crippen MR) is 282 cm³/mol. The van der Waals surface area contributed by atoms with Crippen LogP contribution in [0.4, 0.5) is 17.1 Å². The molecule has 0 atom stereocenters. The summed E-state index contributed by atoms with van der Waals surface area (Å²) in [5.41, 5.74) is 14.1. The molecule has 0 aliphatic rings. The number of anilines is 3. The van der Waals surface area contributed by atoms with Gasteiger partial charge in [-0.05, 0) is 132 Å². The fourth-order valence-corrected chi connectivity index (χ4v) is 10.6. The maximum absolute atomic E-state index is 2.46. The number of fused-ring (bicyclic) bond motifs is 9. The van der Waals surface area contributed by atoms with Gasteiger partial charge >= 0.3 is 0 Å². The molecule has 1 aromatic heterocycles. The lowest BCUT2D eigenvalue weighted by molar-refractivity contribution is 1.18. The molecular formula is C64H42N2. The van der Waals surface area contributed by atoms with Crippen molar-refractivity contribution in [3.05, 3.63) is 255 Å². The Bertz CT molecular complexity index is 3980. The molecule has 0 saturated heterocycles. The number of aromatic nitrogens is 1. The van der Waals surface area contributed by atoms with Crippen molar-refractivity contribution in [1.29, 1.82) is 0 Å². The lowest BCUT2D eigenvalue weighted by atomic mass is 9.85. The zero-order valence-electron chi connectivity index (χ0n) is 36.1. The van der Waals surface area contributed by atoms with E-state index >= 15 is 0 Å². The first kappa shape index (κ1) is 37.8. The zero-order chi connectivity index (χ0) is 43.6. The van der Waals surface area contributed by atoms with E-state index in [0.29, 0.717) is 0 Å². The third-order valence-electron chi connectivity index (χ3n) is 13.5. The van der Waals surface area contributed by atoms with Crippen LogP contribution in [0.2, 0.25) is 0 Å². The quantitative estimate of drug-likeness (QED) is 0.145. The molecule has 0 aliphatic heterocycles. The number of hydrogen-bond donors (Lipinski definition) is 0. The van der Waals surface area contributed by atoms with Crippen LogP contribution in [-0.4, -0.2) is 4.57 Å². The fourth-order valence-electron chi connectivity index (χ4n) is 10.6. The van der Waals surface area contributed by atoms with E-state index in [0.717, 1.165) is 22.7 Å². The van der Waals surface area contributed by atoms with Gasteiger partial charge in [0, 0.05) is 33.2 Å². The van der Waals surface area contributed by atoms with Crippen molar-refractivity contribution in [3.63, 3.8) is 0 Å². The lowest BCUT2D eigenvalue weighted by Crippen LogP contribution is -2.11. The summed E-state index contributed by atoms with van der Waals surface area (Å²) in [6.07, 6.45) is 0. The van der Waals surface area contributed by atoms with Crippen molar-refractivity contribution in [2.75, 3.05) is 4.90 Å². The number of para-hydroxylation sites is 2. The predicted octanol–water partition coefficient (Wildman–Crippen LogP) is 17.9. The van der Waals surface area contributed by atoms with Crippen LogP contribution >= 0.6 is 0 Å². The smallest absolute Gasteiger partial charge is 0.0546 e. The highest BCUT2D eigenvalue weighted by Crippen LogP contribution is 2.48. The Morgan fingerprint density at radius 3 is 1.48 bits per heavy atom. The van der Waals surface area contributed by atoms with E-state index in [-0.39, 0.29) is 0 Å². The van der Waals surface area contributed by atoms with Gasteiger partial charge in [-0.25, -0.2) is 0 Å². The summed E-state index contributed by atoms with van der Waals surface area (Å²) in [5, 5.41) is 12.4. The average molecular weight is 839 g/mol. The SMILES string of the molecule is c1ccc(-c2c(-c3cccc(N(c4ccc(-c5ccc6c(c5)c5ccccc5n6-c5ccccc5)cc4)c4cc5ccccc5c5ccccc45)c3)c3ccccc3c3ccccc23)cc1. The monoisotopic (exact) mass is 838 g/mol. The van der Waals surface area contributed by atoms with Crippen molar-refractivity contribution in [1.82, 2.24) is 4.57 Å². The van der Waals surface area contributed by atoms with Crippen molar-refractivity contribution in [2.24, 2.45) is 0 Å². The van der Waals surface area contributed by atoms with E-state index in [1.807, 2.05) is 0 Å². The van der Waals surface area contributed by atoms with Gasteiger partial charge in [0.15, 0.2) is 0 Å². The van der Waals surface area contributed by atoms with Crippen molar-refractivity contribution >= 4 is 82.0 Å². The van der Waals surface area contributed by atoms with Gasteiger partial charge in [-0.1, -0.05) is 194 Å². The minimum absolute atomic E-state index is 1.09. The Hall–Kier alpha value is -8.72. The lowest BCUT2D eigenvalue weighted by Gasteiger charge is -2.28. The second kappa shape index (κ2) is 15.5. The van der Waals surface area contributed by atoms with E-state index in [1.54, 1.807) is 0 Å². The molecule has 0 amide bonds. The van der Waals surface area contributed by atoms with Gasteiger partial charge in [-0.15, -0.1) is 0 Å². The summed E-state index contributed by atoms with van der Waals surface area (Å²) < 4.78 is 2.38. The molecule has 13 rings (SSSR count). The first-order valence-corrected chi connectivity index (χ1v) is 22.8. The average Bonchev–Trinajstić information content (AvgIpc) is 3.73. The standard InChI is InChI=1S/C64H42N2/c1-3-18-44(19-4-1)63-57-31-13-10-27-53(57)54-28-11-14-32-58(54)64(63)47-21-17-24-50(40-47)65(62-42-46-20-7-8-25-51(46)52-26-9-12-29-55(52)62)49-37-34-43(35-38-49)45-36-39-61-59(41-45)56-30-15-16-33-60(56)66(61)48-22-5-2-6-23-48/h1-42H. The van der Waals surface area contributed by atoms with Gasteiger partial charge in [-0.3, -0.25) is 0 Å². The van der Waals surface area contributed by atoms with Gasteiger partial charge < -0.3 is 9.47 Å². The third kappa shape index (κ3) is 6.11. The van der Waals surface area contributed by atoms with E-state index in [2.05, 4.69) is 264 Å². The van der Waals surface area contributed by atoms with Gasteiger partial charge in [0.2, 0.25) is 0 Å². The van der Waals surface area contributed by atoms with E-state index in [9.17, 15) is 0 Å². The molecule has 2 nitrogen and oxygen atoms in total. The molecule has 66 heavy (non-hydrogen) atoms. The number of benzene rings is 12. The van der Waals surface area contributed by atoms with Crippen LogP contribution in [0.3, 0.4) is 0 Å². The molecule has 0 N–H and O–H groups in total. The second-order valence-electron chi connectivity index (χ2n) is 17.2. The molecule has 2 heteroatoms. The maximum atomic E-state index is 2.46. The maximum Gasteiger partial charge on any atom is 0.0546 e. The van der Waals surface area contributed by atoms with Gasteiger partial charge in [0.25, 0.3) is 0 Å². The summed E-state index contributed by atoms with van der Waals surface area (Å²) in [5.74, 6) is 0. The van der Waals surface area contributed by atoms with Crippen molar-refractivity contribution < 1.29 is 0 Å². The highest BCUT2D eigenvalue weighted by atomic mass is 15.1. The molecule has 13 aromatic rings. The first-order chi connectivity index (χ1) is 32.8. The Balaban J connectivity index is 1.01. The minimum atomic E-state index is 1.09. The summed E-state index contributed by atoms with van der Waals surface area (Å²) in [4.78, 5) is 2.46. The summed E-state index contributed by atoms with van der Waals surface area (Å²) in [6.45, 7) is 0. The fraction of sp³-hybridized carbons (Fsp3) is 0. The van der Waals surface area contributed by atoms with E-state index < -0.39 is 0 Å². The highest BCUT2D eigenvalue weighted by molar-refractivity contribution is 6.22. The Morgan fingerprint density at radius 2 is 0.773 bits per heavy atom. The van der Waals surface area contributed by atoms with Crippen LogP contribution in [0.1, 0.15) is 0 Å². The first-order valence-electron chi connectivity index (χ1n) is 22.8. The minimum Gasteiger partial charge on any atom is -0.310 e. The molecule has 308 valence electrons. The topological polar surface area (TPSA) is 8.17 Å². The molecule has 0 spiro atoms. The zero-order valence-corrected chi connectivity index (χ0v) is 36.1. The van der Waals surface area contributed by atoms with Crippen LogP contribution in [0.5, 0.6) is 0 Å². The van der Waals surface area contributed by atoms with Crippen LogP contribution in [-0.2, 0) is 0 Å². The largest absolute Gasteiger partial charge is 0.310 e. The molecule has 0 saturated carbocycles. The van der Waals surface area contributed by atoms with Gasteiger partial charge in [-0.2, -0.15) is 0 Å². The van der Waals surface area contributed by atoms with Crippen LogP contribution in [0, 0.1) is 0 Å². The Kier molecular flexibility index (Phi) is 8.89. The molecule has 0 fully saturated rings. The summed E-state index contributed by atoms with van der Waals surface area (Å²) >= 11 is 0. The van der Waals surface area contributed by atoms with Crippen molar-refractivity contribution in [2.45, 2.75) is 0 Å². The molecule has 0 radical (unpaired) electrons. The summed E-state index contributed by atoms with van der Waals surface area (Å²) in [6, 6.07) is 93.3. The molecule has 1 heterocycles. The Morgan fingerprint density at radius 1 is 0.258 bits per heavy atom. The summed E-state index contributed by atoms with van der Waals surface area (Å²) in [7, 11) is 0. The molecule has 12 aromatic carbocycles.